The molecule has 0 bridgehead atoms. The molecule has 0 aliphatic heterocycles. The van der Waals surface area contributed by atoms with Gasteiger partial charge in [-0.1, -0.05) is 45.0 Å². The Morgan fingerprint density at radius 2 is 1.79 bits per heavy atom. The largest absolute Gasteiger partial charge is 0.489 e. The molecule has 0 aliphatic carbocycles. The summed E-state index contributed by atoms with van der Waals surface area (Å²) >= 11 is 0. The summed E-state index contributed by atoms with van der Waals surface area (Å²) in [6.07, 6.45) is 1.58. The van der Waals surface area contributed by atoms with Crippen LogP contribution in [0, 0.1) is 0 Å². The third-order valence-corrected chi connectivity index (χ3v) is 2.97. The first-order chi connectivity index (χ1) is 8.95. The van der Waals surface area contributed by atoms with Gasteiger partial charge in [0.15, 0.2) is 0 Å². The maximum atomic E-state index is 11.1. The van der Waals surface area contributed by atoms with Gasteiger partial charge in [-0.3, -0.25) is 4.79 Å². The Bertz CT molecular complexity index is 591. The predicted octanol–water partition coefficient (Wildman–Crippen LogP) is 3.25. The molecule has 19 heavy (non-hydrogen) atoms. The molecule has 0 fully saturated rings. The van der Waals surface area contributed by atoms with E-state index in [0.717, 1.165) is 5.56 Å². The second-order valence-electron chi connectivity index (χ2n) is 5.62. The molecule has 2 aromatic rings. The van der Waals surface area contributed by atoms with Crippen molar-refractivity contribution >= 4 is 0 Å². The van der Waals surface area contributed by atoms with E-state index in [0.29, 0.717) is 12.4 Å². The van der Waals surface area contributed by atoms with Crippen molar-refractivity contribution in [1.82, 2.24) is 4.98 Å². The average molecular weight is 257 g/mol. The lowest BCUT2D eigenvalue weighted by Crippen LogP contribution is -2.11. The molecule has 3 nitrogen and oxygen atoms in total. The van der Waals surface area contributed by atoms with Gasteiger partial charge < -0.3 is 9.72 Å². The molecule has 0 amide bonds. The molecule has 0 unspecified atom stereocenters. The van der Waals surface area contributed by atoms with Crippen molar-refractivity contribution in [2.75, 3.05) is 0 Å². The molecular weight excluding hydrogens is 238 g/mol. The molecule has 0 spiro atoms. The molecule has 0 saturated heterocycles. The lowest BCUT2D eigenvalue weighted by atomic mass is 9.87. The second-order valence-corrected chi connectivity index (χ2v) is 5.62. The van der Waals surface area contributed by atoms with Crippen molar-refractivity contribution in [1.29, 1.82) is 0 Å². The Kier molecular flexibility index (Phi) is 3.74. The van der Waals surface area contributed by atoms with E-state index in [2.05, 4.69) is 50.0 Å². The van der Waals surface area contributed by atoms with E-state index < -0.39 is 0 Å². The maximum Gasteiger partial charge on any atom is 0.251 e. The second kappa shape index (κ2) is 5.31. The molecule has 0 aliphatic rings. The summed E-state index contributed by atoms with van der Waals surface area (Å²) < 4.78 is 5.58. The summed E-state index contributed by atoms with van der Waals surface area (Å²) in [5.74, 6) is 0.587. The summed E-state index contributed by atoms with van der Waals surface area (Å²) in [5, 5.41) is 0. The van der Waals surface area contributed by atoms with E-state index in [9.17, 15) is 4.79 Å². The van der Waals surface area contributed by atoms with E-state index in [4.69, 9.17) is 4.74 Å². The summed E-state index contributed by atoms with van der Waals surface area (Å²) in [7, 11) is 0. The Morgan fingerprint density at radius 3 is 2.37 bits per heavy atom. The zero-order valence-electron chi connectivity index (χ0n) is 11.6. The van der Waals surface area contributed by atoms with Crippen molar-refractivity contribution in [3.8, 4) is 5.75 Å². The van der Waals surface area contributed by atoms with Gasteiger partial charge in [-0.25, -0.2) is 0 Å². The van der Waals surface area contributed by atoms with Crippen LogP contribution in [0.5, 0.6) is 5.75 Å². The number of aromatic amines is 1. The zero-order valence-corrected chi connectivity index (χ0v) is 11.6. The molecule has 1 aromatic heterocycles. The Balaban J connectivity index is 2.03. The van der Waals surface area contributed by atoms with Gasteiger partial charge in [0.1, 0.15) is 12.4 Å². The highest BCUT2D eigenvalue weighted by Crippen LogP contribution is 2.22. The van der Waals surface area contributed by atoms with Crippen LogP contribution in [0.2, 0.25) is 0 Å². The van der Waals surface area contributed by atoms with Gasteiger partial charge in [-0.15, -0.1) is 0 Å². The van der Waals surface area contributed by atoms with Gasteiger partial charge in [0, 0.05) is 12.3 Å². The van der Waals surface area contributed by atoms with Gasteiger partial charge >= 0.3 is 0 Å². The van der Waals surface area contributed by atoms with E-state index >= 15 is 0 Å². The molecule has 0 atom stereocenters. The molecule has 1 N–H and O–H groups in total. The number of nitrogens with one attached hydrogen (secondary N) is 1. The van der Waals surface area contributed by atoms with Crippen molar-refractivity contribution < 1.29 is 4.74 Å². The number of H-pyrrole nitrogens is 1. The molecule has 1 aromatic carbocycles. The molecule has 3 heteroatoms. The number of pyridine rings is 1. The lowest BCUT2D eigenvalue weighted by molar-refractivity contribution is 0.305. The van der Waals surface area contributed by atoms with Crippen molar-refractivity contribution in [2.45, 2.75) is 32.8 Å². The van der Waals surface area contributed by atoms with Crippen molar-refractivity contribution in [3.63, 3.8) is 0 Å². The molecular formula is C16H19NO2. The monoisotopic (exact) mass is 257 g/mol. The van der Waals surface area contributed by atoms with Crippen LogP contribution in [-0.4, -0.2) is 4.98 Å². The molecule has 0 radical (unpaired) electrons. The fourth-order valence-corrected chi connectivity index (χ4v) is 1.78. The first-order valence-electron chi connectivity index (χ1n) is 6.36. The summed E-state index contributed by atoms with van der Waals surface area (Å²) in [6.45, 7) is 7.03. The third-order valence-electron chi connectivity index (χ3n) is 2.97. The highest BCUT2D eigenvalue weighted by molar-refractivity contribution is 5.27. The van der Waals surface area contributed by atoms with Crippen molar-refractivity contribution in [2.24, 2.45) is 0 Å². The molecule has 100 valence electrons. The quantitative estimate of drug-likeness (QED) is 0.917. The van der Waals surface area contributed by atoms with Crippen LogP contribution in [0.4, 0.5) is 0 Å². The van der Waals surface area contributed by atoms with Crippen LogP contribution in [0.1, 0.15) is 31.9 Å². The summed E-state index contributed by atoms with van der Waals surface area (Å²) in [6, 6.07) is 11.6. The minimum atomic E-state index is -0.152. The van der Waals surface area contributed by atoms with Gasteiger partial charge in [-0.05, 0) is 22.6 Å². The number of benzene rings is 1. The Morgan fingerprint density at radius 1 is 1.11 bits per heavy atom. The minimum absolute atomic E-state index is 0.152. The van der Waals surface area contributed by atoms with E-state index in [1.165, 1.54) is 11.6 Å². The fourth-order valence-electron chi connectivity index (χ4n) is 1.78. The molecule has 1 heterocycles. The number of rotatable bonds is 3. The van der Waals surface area contributed by atoms with Crippen molar-refractivity contribution in [3.05, 3.63) is 64.1 Å². The van der Waals surface area contributed by atoms with Crippen LogP contribution in [-0.2, 0) is 12.0 Å². The lowest BCUT2D eigenvalue weighted by Gasteiger charge is -2.19. The number of ether oxygens (including phenoxy) is 1. The average Bonchev–Trinajstić information content (AvgIpc) is 2.36. The van der Waals surface area contributed by atoms with Crippen LogP contribution in [0.25, 0.3) is 0 Å². The Labute approximate surface area is 113 Å². The van der Waals surface area contributed by atoms with E-state index in [-0.39, 0.29) is 11.0 Å². The van der Waals surface area contributed by atoms with Gasteiger partial charge in [0.05, 0.1) is 0 Å². The standard InChI is InChI=1S/C16H19NO2/c1-16(2,3)13-6-4-12(5-7-13)11-19-14-8-9-17-15(18)10-14/h4-10H,11H2,1-3H3,(H,17,18). The smallest absolute Gasteiger partial charge is 0.251 e. The first kappa shape index (κ1) is 13.4. The molecule has 0 saturated carbocycles. The number of hydrogen-bond acceptors (Lipinski definition) is 2. The SMILES string of the molecule is CC(C)(C)c1ccc(COc2cc[nH]c(=O)c2)cc1. The first-order valence-corrected chi connectivity index (χ1v) is 6.36. The highest BCUT2D eigenvalue weighted by atomic mass is 16.5. The fraction of sp³-hybridized carbons (Fsp3) is 0.312. The van der Waals surface area contributed by atoms with Gasteiger partial charge in [-0.2, -0.15) is 0 Å². The molecule has 2 rings (SSSR count). The van der Waals surface area contributed by atoms with Crippen LogP contribution in [0.15, 0.2) is 47.4 Å². The minimum Gasteiger partial charge on any atom is -0.489 e. The van der Waals surface area contributed by atoms with Gasteiger partial charge in [0.2, 0.25) is 0 Å². The summed E-state index contributed by atoms with van der Waals surface area (Å²) in [5.41, 5.74) is 2.40. The van der Waals surface area contributed by atoms with E-state index in [1.807, 2.05) is 0 Å². The third kappa shape index (κ3) is 3.71. The summed E-state index contributed by atoms with van der Waals surface area (Å²) in [4.78, 5) is 13.7. The Hall–Kier alpha value is -2.03. The van der Waals surface area contributed by atoms with E-state index in [1.54, 1.807) is 12.3 Å². The normalized spacial score (nSPS) is 11.3. The van der Waals surface area contributed by atoms with Crippen LogP contribution < -0.4 is 10.3 Å². The highest BCUT2D eigenvalue weighted by Gasteiger charge is 2.12. The number of hydrogen-bond donors (Lipinski definition) is 1. The maximum absolute atomic E-state index is 11.1. The zero-order chi connectivity index (χ0) is 13.9. The van der Waals surface area contributed by atoms with Crippen LogP contribution >= 0.6 is 0 Å². The van der Waals surface area contributed by atoms with Gasteiger partial charge in [0.25, 0.3) is 5.56 Å². The number of aromatic nitrogens is 1. The topological polar surface area (TPSA) is 42.1 Å². The van der Waals surface area contributed by atoms with Crippen LogP contribution in [0.3, 0.4) is 0 Å². The predicted molar refractivity (Wildman–Crippen MR) is 76.5 cm³/mol.